The Labute approximate surface area is 383 Å². The van der Waals surface area contributed by atoms with Crippen LogP contribution in [-0.4, -0.2) is 120 Å². The summed E-state index contributed by atoms with van der Waals surface area (Å²) in [7, 11) is 3.42. The Morgan fingerprint density at radius 2 is 1.73 bits per heavy atom. The van der Waals surface area contributed by atoms with E-state index in [1.165, 1.54) is 30.4 Å². The molecular formula is C49H83N3O12. The molecule has 4 rings (SSSR count). The summed E-state index contributed by atoms with van der Waals surface area (Å²) in [6, 6.07) is 0. The van der Waals surface area contributed by atoms with E-state index in [1.54, 1.807) is 20.8 Å². The van der Waals surface area contributed by atoms with Gasteiger partial charge in [0.25, 0.3) is 0 Å². The maximum atomic E-state index is 15.3. The number of esters is 2. The van der Waals surface area contributed by atoms with Gasteiger partial charge in [-0.15, -0.1) is 0 Å². The lowest BCUT2D eigenvalue weighted by molar-refractivity contribution is -0.261. The number of carbonyl (C=O) groups is 4. The summed E-state index contributed by atoms with van der Waals surface area (Å²) < 4.78 is 45.7. The molecule has 4 heterocycles. The van der Waals surface area contributed by atoms with Crippen molar-refractivity contribution in [1.29, 1.82) is 0 Å². The molecule has 15 heteroatoms. The van der Waals surface area contributed by atoms with E-state index in [9.17, 15) is 14.7 Å². The molecule has 1 unspecified atom stereocenters. The number of methoxy groups -OCH3 is 1. The molecular weight excluding hydrogens is 823 g/mol. The number of hydrogen-bond donors (Lipinski definition) is 2. The van der Waals surface area contributed by atoms with Gasteiger partial charge in [0, 0.05) is 50.2 Å². The Kier molecular flexibility index (Phi) is 19.8. The molecule has 15 nitrogen and oxygen atoms in total. The fourth-order valence-electron chi connectivity index (χ4n) is 10.7. The number of ether oxygens (including phenoxy) is 7. The fraction of sp³-hybridized carbons (Fsp3) is 0.857. The van der Waals surface area contributed by atoms with Gasteiger partial charge in [0.05, 0.1) is 42.9 Å². The largest absolute Gasteiger partial charge is 0.461 e. The molecule has 3 saturated heterocycles. The second-order valence-electron chi connectivity index (χ2n) is 21.1. The van der Waals surface area contributed by atoms with Crippen LogP contribution in [0.1, 0.15) is 134 Å². The summed E-state index contributed by atoms with van der Waals surface area (Å²) in [6.07, 6.45) is 2.43. The lowest BCUT2D eigenvalue weighted by atomic mass is 9.69. The number of rotatable bonds is 14. The molecule has 3 aliphatic heterocycles. The highest BCUT2D eigenvalue weighted by atomic mass is 16.7. The minimum absolute atomic E-state index is 0.0322. The first-order valence-corrected chi connectivity index (χ1v) is 24.0. The summed E-state index contributed by atoms with van der Waals surface area (Å²) >= 11 is 0. The maximum Gasteiger partial charge on any atom is 0.420 e. The second kappa shape index (κ2) is 23.7. The topological polar surface area (TPSA) is 183 Å². The first kappa shape index (κ1) is 53.7. The van der Waals surface area contributed by atoms with Crippen molar-refractivity contribution in [1.82, 2.24) is 14.9 Å². The number of carbonyl (C=O) groups excluding carboxylic acids is 4. The Balaban J connectivity index is 1.90. The first-order valence-electron chi connectivity index (χ1n) is 24.0. The third-order valence-corrected chi connectivity index (χ3v) is 14.1. The van der Waals surface area contributed by atoms with Crippen molar-refractivity contribution in [3.05, 3.63) is 18.7 Å². The van der Waals surface area contributed by atoms with Gasteiger partial charge in [-0.05, 0) is 82.6 Å². The fourth-order valence-corrected chi connectivity index (χ4v) is 10.7. The van der Waals surface area contributed by atoms with Gasteiger partial charge < -0.3 is 43.6 Å². The van der Waals surface area contributed by atoms with E-state index in [0.29, 0.717) is 31.7 Å². The first-order chi connectivity index (χ1) is 30.0. The highest BCUT2D eigenvalue weighted by molar-refractivity contribution is 5.91. The number of nitrogens with one attached hydrogen (secondary N) is 1. The molecule has 64 heavy (non-hydrogen) atoms. The van der Waals surface area contributed by atoms with Gasteiger partial charge in [-0.3, -0.25) is 14.4 Å². The van der Waals surface area contributed by atoms with Gasteiger partial charge in [0.2, 0.25) is 0 Å². The van der Waals surface area contributed by atoms with Crippen LogP contribution in [-0.2, 0) is 47.5 Å². The molecule has 366 valence electrons. The number of Topliss-reactive ketones (excluding diaryl/α,β-unsaturated/α-hetero) is 1. The molecule has 0 aromatic carbocycles. The molecule has 1 aromatic rings. The molecule has 15 atom stereocenters. The molecule has 0 aliphatic carbocycles. The van der Waals surface area contributed by atoms with Gasteiger partial charge >= 0.3 is 18.0 Å². The van der Waals surface area contributed by atoms with E-state index in [2.05, 4.69) is 38.0 Å². The second-order valence-corrected chi connectivity index (χ2v) is 21.1. The van der Waals surface area contributed by atoms with Crippen LogP contribution in [0, 0.1) is 52.8 Å². The summed E-state index contributed by atoms with van der Waals surface area (Å²) in [4.78, 5) is 62.2. The zero-order valence-electron chi connectivity index (χ0n) is 41.4. The lowest BCUT2D eigenvalue weighted by Gasteiger charge is -2.45. The maximum absolute atomic E-state index is 15.3. The van der Waals surface area contributed by atoms with Crippen molar-refractivity contribution in [3.63, 3.8) is 0 Å². The predicted molar refractivity (Wildman–Crippen MR) is 241 cm³/mol. The Hall–Kier alpha value is -2.95. The number of imidazole rings is 1. The molecule has 1 aromatic heterocycles. The van der Waals surface area contributed by atoms with E-state index in [1.807, 2.05) is 41.7 Å². The third kappa shape index (κ3) is 14.0. The number of ketones is 1. The average Bonchev–Trinajstić information content (AvgIpc) is 3.71. The average molecular weight is 906 g/mol. The molecule has 0 spiro atoms. The van der Waals surface area contributed by atoms with Crippen LogP contribution in [0.15, 0.2) is 18.7 Å². The quantitative estimate of drug-likeness (QED) is 0.139. The highest BCUT2D eigenvalue weighted by Crippen LogP contribution is 2.44. The minimum atomic E-state index is -1.65. The van der Waals surface area contributed by atoms with Gasteiger partial charge in [-0.2, -0.15) is 0 Å². The molecule has 0 amide bonds. The predicted octanol–water partition coefficient (Wildman–Crippen LogP) is 7.39. The van der Waals surface area contributed by atoms with Crippen LogP contribution in [0.5, 0.6) is 0 Å². The van der Waals surface area contributed by atoms with E-state index in [0.717, 1.165) is 12.8 Å². The molecule has 0 saturated carbocycles. The van der Waals surface area contributed by atoms with Crippen molar-refractivity contribution in [2.45, 2.75) is 189 Å². The zero-order chi connectivity index (χ0) is 47.7. The standard InChI is InChI=1S/C49H83N3O12/c1-15-34-20-35-21-36(18-28(2)3)61-37(25-50-13)22-38(35)46(56)63-45(48(10,11)26-59-41-23-39(58-14)42(54)33(9)60-41)32(8)43(62-40(53)19-29(4)5)31(7)44(55)49(12,24-30(34)6)64-47(57)52-17-16-51-27-52/h16-17,27-39,41-43,45,50,54H,15,18-26H2,1-14H3/t30-,31+,32+,33+,34+,35?,36+,37-,38+,39-,41+,42+,43-,45-,49-/m0/s1. The summed E-state index contributed by atoms with van der Waals surface area (Å²) in [6.45, 7) is 23.8. The van der Waals surface area contributed by atoms with Gasteiger partial charge in [-0.25, -0.2) is 14.3 Å². The van der Waals surface area contributed by atoms with Crippen molar-refractivity contribution in [2.75, 3.05) is 27.3 Å². The van der Waals surface area contributed by atoms with E-state index in [4.69, 9.17) is 33.2 Å². The van der Waals surface area contributed by atoms with E-state index >= 15 is 9.59 Å². The SMILES string of the molecule is CC[C@@H]1CC2C[C@@H](CC(C)C)O[C@H](CNC)C[C@H]2C(=O)O[C@H](C(C)(C)CO[C@H]2C[C@H](OC)[C@H](O)[C@@H](C)O2)[C@H](C)[C@@H](OC(=O)CC(C)C)[C@@H](C)C(=O)[C@@](C)(OC(=O)n2ccnc2)C[C@@H]1C. The van der Waals surface area contributed by atoms with Crippen LogP contribution < -0.4 is 5.32 Å². The molecule has 2 N–H and O–H groups in total. The van der Waals surface area contributed by atoms with Gasteiger partial charge in [-0.1, -0.05) is 75.7 Å². The van der Waals surface area contributed by atoms with Crippen LogP contribution in [0.25, 0.3) is 0 Å². The number of fused-ring (bicyclic) bond motifs is 1. The number of cyclic esters (lactones) is 1. The lowest BCUT2D eigenvalue weighted by Crippen LogP contribution is -2.54. The summed E-state index contributed by atoms with van der Waals surface area (Å²) in [5.74, 6) is -3.49. The van der Waals surface area contributed by atoms with Crippen LogP contribution >= 0.6 is 0 Å². The number of likely N-dealkylation sites (N-methyl/N-ethyl adjacent to an activating group) is 1. The number of aliphatic hydroxyl groups is 1. The summed E-state index contributed by atoms with van der Waals surface area (Å²) in [5, 5.41) is 14.0. The highest BCUT2D eigenvalue weighted by Gasteiger charge is 2.52. The minimum Gasteiger partial charge on any atom is -0.461 e. The van der Waals surface area contributed by atoms with Crippen LogP contribution in [0.2, 0.25) is 0 Å². The van der Waals surface area contributed by atoms with Crippen molar-refractivity contribution in [3.8, 4) is 0 Å². The number of aromatic nitrogens is 2. The Morgan fingerprint density at radius 3 is 2.33 bits per heavy atom. The molecule has 0 radical (unpaired) electrons. The van der Waals surface area contributed by atoms with E-state index < -0.39 is 83.4 Å². The number of aliphatic hydroxyl groups excluding tert-OH is 1. The van der Waals surface area contributed by atoms with Gasteiger partial charge in [0.1, 0.15) is 24.6 Å². The molecule has 3 aliphatic rings. The monoisotopic (exact) mass is 906 g/mol. The number of nitrogens with zero attached hydrogens (tertiary/aromatic N) is 2. The van der Waals surface area contributed by atoms with Crippen molar-refractivity contribution >= 4 is 23.8 Å². The van der Waals surface area contributed by atoms with Crippen molar-refractivity contribution < 1.29 is 57.4 Å². The van der Waals surface area contributed by atoms with Crippen molar-refractivity contribution in [2.24, 2.45) is 52.8 Å². The van der Waals surface area contributed by atoms with Crippen LogP contribution in [0.3, 0.4) is 0 Å². The third-order valence-electron chi connectivity index (χ3n) is 14.1. The smallest absolute Gasteiger partial charge is 0.420 e. The van der Waals surface area contributed by atoms with E-state index in [-0.39, 0.29) is 67.7 Å². The Morgan fingerprint density at radius 1 is 1.03 bits per heavy atom. The van der Waals surface area contributed by atoms with Crippen LogP contribution in [0.4, 0.5) is 4.79 Å². The Bertz CT molecular complexity index is 1640. The van der Waals surface area contributed by atoms with Gasteiger partial charge in [0.15, 0.2) is 17.7 Å². The molecule has 0 bridgehead atoms. The molecule has 3 fully saturated rings. The zero-order valence-corrected chi connectivity index (χ0v) is 41.4. The number of hydrogen-bond acceptors (Lipinski definition) is 14. The summed E-state index contributed by atoms with van der Waals surface area (Å²) in [5.41, 5.74) is -2.60. The normalized spacial score (nSPS) is 36.1.